The fourth-order valence-corrected chi connectivity index (χ4v) is 3.98. The minimum absolute atomic E-state index is 0.0171. The van der Waals surface area contributed by atoms with E-state index in [0.29, 0.717) is 0 Å². The molecule has 0 amide bonds. The fraction of sp³-hybridized carbons (Fsp3) is 0.286. The summed E-state index contributed by atoms with van der Waals surface area (Å²) in [5.41, 5.74) is 6.18. The van der Waals surface area contributed by atoms with Crippen LogP contribution in [0.3, 0.4) is 0 Å². The number of benzene rings is 2. The highest BCUT2D eigenvalue weighted by atomic mass is 16.5. The molecule has 0 saturated heterocycles. The van der Waals surface area contributed by atoms with Crippen molar-refractivity contribution >= 4 is 16.6 Å². The van der Waals surface area contributed by atoms with Gasteiger partial charge >= 0.3 is 0 Å². The Morgan fingerprint density at radius 1 is 0.958 bits per heavy atom. The smallest absolute Gasteiger partial charge is 0.141 e. The molecule has 0 spiro atoms. The van der Waals surface area contributed by atoms with Gasteiger partial charge in [-0.15, -0.1) is 0 Å². The Labute approximate surface area is 141 Å². The molecule has 1 unspecified atom stereocenters. The minimum atomic E-state index is 0.0171. The number of hydrogen-bond acceptors (Lipinski definition) is 3. The van der Waals surface area contributed by atoms with Crippen LogP contribution in [0.2, 0.25) is 0 Å². The van der Waals surface area contributed by atoms with Crippen molar-refractivity contribution in [3.8, 4) is 5.75 Å². The molecule has 120 valence electrons. The summed E-state index contributed by atoms with van der Waals surface area (Å²) < 4.78 is 6.40. The van der Waals surface area contributed by atoms with Crippen molar-refractivity contribution in [2.24, 2.45) is 0 Å². The second-order valence-corrected chi connectivity index (χ2v) is 6.67. The van der Waals surface area contributed by atoms with Crippen molar-refractivity contribution in [2.75, 3.05) is 11.9 Å². The predicted octanol–water partition coefficient (Wildman–Crippen LogP) is 4.66. The van der Waals surface area contributed by atoms with Crippen LogP contribution in [0.1, 0.15) is 35.8 Å². The highest BCUT2D eigenvalue weighted by Crippen LogP contribution is 2.41. The van der Waals surface area contributed by atoms with Crippen molar-refractivity contribution < 1.29 is 4.74 Å². The molecule has 3 heteroatoms. The van der Waals surface area contributed by atoms with Gasteiger partial charge in [0, 0.05) is 5.69 Å². The van der Waals surface area contributed by atoms with Crippen LogP contribution >= 0.6 is 0 Å². The summed E-state index contributed by atoms with van der Waals surface area (Å²) in [6, 6.07) is 16.7. The number of fused-ring (bicyclic) bond motifs is 2. The number of aromatic nitrogens is 1. The van der Waals surface area contributed by atoms with Crippen LogP contribution in [0.25, 0.3) is 10.9 Å². The third-order valence-electron chi connectivity index (χ3n) is 5.15. The van der Waals surface area contributed by atoms with Gasteiger partial charge in [-0.3, -0.25) is 4.98 Å². The zero-order valence-corrected chi connectivity index (χ0v) is 13.6. The number of pyridine rings is 1. The first-order valence-corrected chi connectivity index (χ1v) is 8.80. The number of anilines is 1. The Morgan fingerprint density at radius 2 is 1.83 bits per heavy atom. The van der Waals surface area contributed by atoms with Crippen molar-refractivity contribution in [3.05, 3.63) is 65.4 Å². The molecule has 1 aliphatic heterocycles. The summed E-state index contributed by atoms with van der Waals surface area (Å²) in [7, 11) is 0. The van der Waals surface area contributed by atoms with E-state index in [1.807, 2.05) is 6.07 Å². The molecule has 2 heterocycles. The van der Waals surface area contributed by atoms with Crippen LogP contribution in [0.4, 0.5) is 5.69 Å². The third-order valence-corrected chi connectivity index (χ3v) is 5.15. The lowest BCUT2D eigenvalue weighted by molar-refractivity contribution is 0.224. The summed E-state index contributed by atoms with van der Waals surface area (Å²) in [6.45, 7) is 0.782. The van der Waals surface area contributed by atoms with E-state index in [9.17, 15) is 0 Å². The molecule has 24 heavy (non-hydrogen) atoms. The minimum Gasteiger partial charge on any atom is -0.483 e. The second kappa shape index (κ2) is 5.52. The van der Waals surface area contributed by atoms with Gasteiger partial charge in [-0.2, -0.15) is 0 Å². The Hall–Kier alpha value is -2.55. The largest absolute Gasteiger partial charge is 0.483 e. The molecule has 5 rings (SSSR count). The molecule has 2 aliphatic rings. The Morgan fingerprint density at radius 3 is 2.75 bits per heavy atom. The molecule has 3 aromatic rings. The van der Waals surface area contributed by atoms with E-state index in [0.717, 1.165) is 36.0 Å². The Kier molecular flexibility index (Phi) is 3.18. The molecule has 1 aromatic heterocycles. The van der Waals surface area contributed by atoms with Crippen LogP contribution < -0.4 is 10.1 Å². The topological polar surface area (TPSA) is 34.2 Å². The lowest BCUT2D eigenvalue weighted by Gasteiger charge is -2.20. The first-order chi connectivity index (χ1) is 11.9. The van der Waals surface area contributed by atoms with Gasteiger partial charge in [-0.05, 0) is 48.9 Å². The number of rotatable bonds is 1. The van der Waals surface area contributed by atoms with E-state index in [2.05, 4.69) is 47.8 Å². The van der Waals surface area contributed by atoms with E-state index in [4.69, 9.17) is 9.72 Å². The van der Waals surface area contributed by atoms with Crippen LogP contribution in [-0.4, -0.2) is 11.5 Å². The number of nitrogens with zero attached hydrogens (tertiary/aromatic N) is 1. The van der Waals surface area contributed by atoms with Crippen molar-refractivity contribution in [2.45, 2.75) is 31.8 Å². The van der Waals surface area contributed by atoms with Gasteiger partial charge < -0.3 is 10.1 Å². The molecule has 2 aromatic carbocycles. The van der Waals surface area contributed by atoms with Gasteiger partial charge in [-0.1, -0.05) is 36.4 Å². The summed E-state index contributed by atoms with van der Waals surface area (Å²) in [4.78, 5) is 4.94. The van der Waals surface area contributed by atoms with Gasteiger partial charge in [-0.25, -0.2) is 0 Å². The number of aryl methyl sites for hydroxylation is 1. The molecule has 1 N–H and O–H groups in total. The molecular weight excluding hydrogens is 296 g/mol. The van der Waals surface area contributed by atoms with E-state index in [1.165, 1.54) is 35.3 Å². The summed E-state index contributed by atoms with van der Waals surface area (Å²) >= 11 is 0. The van der Waals surface area contributed by atoms with Gasteiger partial charge in [0.25, 0.3) is 0 Å². The SMILES string of the molecule is c1ccc(C2CNc3c4c(nc5cccc(c35)O2)CCCC4)cc1. The monoisotopic (exact) mass is 316 g/mol. The van der Waals surface area contributed by atoms with Crippen molar-refractivity contribution in [1.82, 2.24) is 4.98 Å². The molecule has 1 atom stereocenters. The zero-order chi connectivity index (χ0) is 15.9. The average molecular weight is 316 g/mol. The molecule has 0 bridgehead atoms. The normalized spacial score (nSPS) is 19.1. The molecule has 0 fully saturated rings. The van der Waals surface area contributed by atoms with E-state index < -0.39 is 0 Å². The van der Waals surface area contributed by atoms with Crippen LogP contribution in [0, 0.1) is 0 Å². The number of nitrogens with one attached hydrogen (secondary N) is 1. The predicted molar refractivity (Wildman–Crippen MR) is 96.7 cm³/mol. The quantitative estimate of drug-likeness (QED) is 0.709. The van der Waals surface area contributed by atoms with Gasteiger partial charge in [0.1, 0.15) is 11.9 Å². The number of ether oxygens (including phenoxy) is 1. The van der Waals surface area contributed by atoms with Crippen LogP contribution in [0.5, 0.6) is 5.75 Å². The van der Waals surface area contributed by atoms with E-state index in [-0.39, 0.29) is 6.10 Å². The molecule has 0 radical (unpaired) electrons. The van der Waals surface area contributed by atoms with Gasteiger partial charge in [0.15, 0.2) is 0 Å². The van der Waals surface area contributed by atoms with E-state index >= 15 is 0 Å². The Balaban J connectivity index is 1.68. The van der Waals surface area contributed by atoms with Gasteiger partial charge in [0.2, 0.25) is 0 Å². The first-order valence-electron chi connectivity index (χ1n) is 8.80. The average Bonchev–Trinajstić information content (AvgIpc) is 2.84. The highest BCUT2D eigenvalue weighted by Gasteiger charge is 2.25. The first kappa shape index (κ1) is 13.8. The zero-order valence-electron chi connectivity index (χ0n) is 13.6. The van der Waals surface area contributed by atoms with Crippen molar-refractivity contribution in [1.29, 1.82) is 0 Å². The van der Waals surface area contributed by atoms with Gasteiger partial charge in [0.05, 0.1) is 23.1 Å². The molecule has 3 nitrogen and oxygen atoms in total. The lowest BCUT2D eigenvalue weighted by Crippen LogP contribution is -2.17. The standard InChI is InChI=1S/C21H20N2O/c1-2-7-14(8-3-1)19-13-22-21-15-9-4-5-10-16(15)23-17-11-6-12-18(24-19)20(17)21/h1-3,6-8,11-12,19,22H,4-5,9-10,13H2. The molecule has 1 aliphatic carbocycles. The van der Waals surface area contributed by atoms with Crippen LogP contribution in [0.15, 0.2) is 48.5 Å². The lowest BCUT2D eigenvalue weighted by atomic mass is 9.92. The maximum atomic E-state index is 6.40. The maximum absolute atomic E-state index is 6.40. The number of hydrogen-bond donors (Lipinski definition) is 1. The summed E-state index contributed by atoms with van der Waals surface area (Å²) in [5.74, 6) is 0.947. The fourth-order valence-electron chi connectivity index (χ4n) is 3.98. The van der Waals surface area contributed by atoms with E-state index in [1.54, 1.807) is 0 Å². The molecular formula is C21H20N2O. The van der Waals surface area contributed by atoms with Crippen molar-refractivity contribution in [3.63, 3.8) is 0 Å². The summed E-state index contributed by atoms with van der Waals surface area (Å²) in [5, 5.41) is 4.85. The second-order valence-electron chi connectivity index (χ2n) is 6.67. The molecule has 0 saturated carbocycles. The third kappa shape index (κ3) is 2.15. The van der Waals surface area contributed by atoms with Crippen LogP contribution in [-0.2, 0) is 12.8 Å². The maximum Gasteiger partial charge on any atom is 0.141 e. The Bertz CT molecular complexity index is 905. The highest BCUT2D eigenvalue weighted by molar-refractivity contribution is 5.98. The summed E-state index contributed by atoms with van der Waals surface area (Å²) in [6.07, 6.45) is 4.72.